The molecule has 6 nitrogen and oxygen atoms in total. The van der Waals surface area contributed by atoms with Crippen molar-refractivity contribution in [2.24, 2.45) is 0 Å². The number of benzene rings is 1. The van der Waals surface area contributed by atoms with Gasteiger partial charge in [-0.3, -0.25) is 4.57 Å². The fraction of sp³-hybridized carbons (Fsp3) is 0.417. The third kappa shape index (κ3) is 4.80. The summed E-state index contributed by atoms with van der Waals surface area (Å²) in [5, 5.41) is 9.33. The van der Waals surface area contributed by atoms with E-state index >= 15 is 0 Å². The van der Waals surface area contributed by atoms with Gasteiger partial charge in [0, 0.05) is 5.02 Å². The molecule has 8 heteroatoms. The van der Waals surface area contributed by atoms with Crippen LogP contribution in [0.4, 0.5) is 0 Å². The van der Waals surface area contributed by atoms with E-state index in [1.54, 1.807) is 13.8 Å². The quantitative estimate of drug-likeness (QED) is 0.736. The maximum atomic E-state index is 12.2. The van der Waals surface area contributed by atoms with Gasteiger partial charge in [-0.1, -0.05) is 11.6 Å². The first-order valence-electron chi connectivity index (χ1n) is 5.95. The Kier molecular flexibility index (Phi) is 6.49. The van der Waals surface area contributed by atoms with Crippen molar-refractivity contribution >= 4 is 25.2 Å². The van der Waals surface area contributed by atoms with E-state index in [-0.39, 0.29) is 35.9 Å². The standard InChI is InChI=1S/C12H16ClO6P/c1-3-18-20(16,19-4-2)8-17-11-6-5-9(13)7-10(11)12(14)15/h5-7H,3-4,8H2,1-2H3,(H,14,15). The Morgan fingerprint density at radius 1 is 1.30 bits per heavy atom. The van der Waals surface area contributed by atoms with Crippen LogP contribution in [0.3, 0.4) is 0 Å². The molecule has 0 unspecified atom stereocenters. The summed E-state index contributed by atoms with van der Waals surface area (Å²) in [5.74, 6) is -1.13. The number of carboxylic acid groups (broad SMARTS) is 1. The predicted molar refractivity (Wildman–Crippen MR) is 74.8 cm³/mol. The summed E-state index contributed by atoms with van der Waals surface area (Å²) in [5.41, 5.74) is -0.114. The van der Waals surface area contributed by atoms with E-state index in [0.717, 1.165) is 0 Å². The molecule has 112 valence electrons. The summed E-state index contributed by atoms with van der Waals surface area (Å²) in [4.78, 5) is 11.1. The van der Waals surface area contributed by atoms with Gasteiger partial charge in [-0.25, -0.2) is 4.79 Å². The zero-order valence-corrected chi connectivity index (χ0v) is 12.8. The highest BCUT2D eigenvalue weighted by Gasteiger charge is 2.25. The van der Waals surface area contributed by atoms with Gasteiger partial charge in [-0.2, -0.15) is 0 Å². The van der Waals surface area contributed by atoms with Crippen molar-refractivity contribution < 1.29 is 28.3 Å². The summed E-state index contributed by atoms with van der Waals surface area (Å²) in [6, 6.07) is 4.13. The molecule has 0 fully saturated rings. The Labute approximate surface area is 122 Å². The minimum absolute atomic E-state index is 0.0570. The summed E-state index contributed by atoms with van der Waals surface area (Å²) >= 11 is 5.73. The predicted octanol–water partition coefficient (Wildman–Crippen LogP) is 3.64. The fourth-order valence-electron chi connectivity index (χ4n) is 1.45. The van der Waals surface area contributed by atoms with E-state index in [1.807, 2.05) is 0 Å². The molecule has 0 heterocycles. The molecule has 0 aromatic heterocycles. The molecular weight excluding hydrogens is 307 g/mol. The van der Waals surface area contributed by atoms with Crippen LogP contribution in [0.2, 0.25) is 5.02 Å². The maximum absolute atomic E-state index is 12.2. The lowest BCUT2D eigenvalue weighted by molar-refractivity contribution is 0.0692. The normalized spacial score (nSPS) is 11.3. The summed E-state index contributed by atoms with van der Waals surface area (Å²) in [7, 11) is -3.39. The van der Waals surface area contributed by atoms with Gasteiger partial charge in [0.25, 0.3) is 0 Å². The molecular formula is C12H16ClO6P. The number of aromatic carboxylic acids is 1. The maximum Gasteiger partial charge on any atom is 0.367 e. The van der Waals surface area contributed by atoms with Crippen molar-refractivity contribution in [2.75, 3.05) is 19.6 Å². The first-order chi connectivity index (χ1) is 9.41. The van der Waals surface area contributed by atoms with E-state index in [0.29, 0.717) is 0 Å². The topological polar surface area (TPSA) is 82.1 Å². The number of halogens is 1. The van der Waals surface area contributed by atoms with E-state index in [1.165, 1.54) is 18.2 Å². The van der Waals surface area contributed by atoms with Crippen LogP contribution < -0.4 is 4.74 Å². The van der Waals surface area contributed by atoms with Crippen molar-refractivity contribution in [3.8, 4) is 5.75 Å². The van der Waals surface area contributed by atoms with Gasteiger partial charge in [0.2, 0.25) is 0 Å². The van der Waals surface area contributed by atoms with Gasteiger partial charge >= 0.3 is 13.6 Å². The molecule has 0 atom stereocenters. The highest BCUT2D eigenvalue weighted by Crippen LogP contribution is 2.48. The first kappa shape index (κ1) is 17.0. The fourth-order valence-corrected chi connectivity index (χ4v) is 2.93. The summed E-state index contributed by atoms with van der Waals surface area (Å²) in [6.07, 6.45) is -0.364. The van der Waals surface area contributed by atoms with Crippen molar-refractivity contribution in [1.82, 2.24) is 0 Å². The molecule has 0 saturated carbocycles. The summed E-state index contributed by atoms with van der Waals surface area (Å²) in [6.45, 7) is 3.76. The Bertz CT molecular complexity index is 509. The van der Waals surface area contributed by atoms with E-state index in [2.05, 4.69) is 0 Å². The molecule has 0 spiro atoms. The van der Waals surface area contributed by atoms with E-state index < -0.39 is 13.6 Å². The van der Waals surface area contributed by atoms with Crippen molar-refractivity contribution in [3.05, 3.63) is 28.8 Å². The lowest BCUT2D eigenvalue weighted by Crippen LogP contribution is -2.08. The number of ether oxygens (including phenoxy) is 1. The average Bonchev–Trinajstić information content (AvgIpc) is 2.37. The second-order valence-electron chi connectivity index (χ2n) is 3.67. The third-order valence-corrected chi connectivity index (χ3v) is 4.19. The molecule has 1 rings (SSSR count). The molecule has 0 aliphatic rings. The smallest absolute Gasteiger partial charge is 0.367 e. The monoisotopic (exact) mass is 322 g/mol. The highest BCUT2D eigenvalue weighted by molar-refractivity contribution is 7.53. The zero-order chi connectivity index (χ0) is 15.2. The summed E-state index contributed by atoms with van der Waals surface area (Å²) < 4.78 is 27.6. The van der Waals surface area contributed by atoms with Crippen LogP contribution in [-0.2, 0) is 13.6 Å². The van der Waals surface area contributed by atoms with Crippen LogP contribution in [0.5, 0.6) is 5.75 Å². The van der Waals surface area contributed by atoms with Crippen molar-refractivity contribution in [2.45, 2.75) is 13.8 Å². The molecule has 1 aromatic rings. The van der Waals surface area contributed by atoms with Gasteiger partial charge in [0.05, 0.1) is 13.2 Å². The number of hydrogen-bond donors (Lipinski definition) is 1. The molecule has 1 aromatic carbocycles. The van der Waals surface area contributed by atoms with Crippen LogP contribution in [0.1, 0.15) is 24.2 Å². The largest absolute Gasteiger partial charge is 0.480 e. The van der Waals surface area contributed by atoms with Crippen LogP contribution in [0.25, 0.3) is 0 Å². The van der Waals surface area contributed by atoms with Crippen LogP contribution in [0, 0.1) is 0 Å². The Morgan fingerprint density at radius 3 is 2.40 bits per heavy atom. The molecule has 1 N–H and O–H groups in total. The highest BCUT2D eigenvalue weighted by atomic mass is 35.5. The number of rotatable bonds is 8. The second-order valence-corrected chi connectivity index (χ2v) is 6.10. The Balaban J connectivity index is 2.88. The molecule has 0 bridgehead atoms. The van der Waals surface area contributed by atoms with E-state index in [4.69, 9.17) is 30.5 Å². The van der Waals surface area contributed by atoms with Crippen molar-refractivity contribution in [3.63, 3.8) is 0 Å². The average molecular weight is 323 g/mol. The molecule has 0 amide bonds. The minimum atomic E-state index is -3.39. The number of carboxylic acids is 1. The SMILES string of the molecule is CCOP(=O)(COc1ccc(Cl)cc1C(=O)O)OCC. The van der Waals surface area contributed by atoms with Crippen molar-refractivity contribution in [1.29, 1.82) is 0 Å². The van der Waals surface area contributed by atoms with E-state index in [9.17, 15) is 9.36 Å². The lowest BCUT2D eigenvalue weighted by Gasteiger charge is -2.18. The second kappa shape index (κ2) is 7.64. The Hall–Kier alpha value is -1.07. The van der Waals surface area contributed by atoms with Crippen LogP contribution in [0.15, 0.2) is 18.2 Å². The van der Waals surface area contributed by atoms with Gasteiger partial charge in [-0.15, -0.1) is 0 Å². The van der Waals surface area contributed by atoms with Gasteiger partial charge in [-0.05, 0) is 32.0 Å². The first-order valence-corrected chi connectivity index (χ1v) is 8.06. The van der Waals surface area contributed by atoms with Gasteiger partial charge in [0.1, 0.15) is 11.3 Å². The van der Waals surface area contributed by atoms with Crippen LogP contribution in [-0.4, -0.2) is 30.6 Å². The van der Waals surface area contributed by atoms with Gasteiger partial charge in [0.15, 0.2) is 6.35 Å². The number of carbonyl (C=O) groups is 1. The molecule has 0 radical (unpaired) electrons. The lowest BCUT2D eigenvalue weighted by atomic mass is 10.2. The molecule has 20 heavy (non-hydrogen) atoms. The third-order valence-electron chi connectivity index (χ3n) is 2.20. The van der Waals surface area contributed by atoms with Gasteiger partial charge < -0.3 is 18.9 Å². The molecule has 0 aliphatic carbocycles. The minimum Gasteiger partial charge on any atom is -0.480 e. The molecule has 0 saturated heterocycles. The molecule has 0 aliphatic heterocycles. The number of hydrogen-bond acceptors (Lipinski definition) is 5. The zero-order valence-electron chi connectivity index (χ0n) is 11.2. The van der Waals surface area contributed by atoms with Crippen LogP contribution >= 0.6 is 19.2 Å². The Morgan fingerprint density at radius 2 is 1.90 bits per heavy atom.